The number of hydrogen-bond acceptors (Lipinski definition) is 4. The van der Waals surface area contributed by atoms with Gasteiger partial charge in [-0.3, -0.25) is 9.59 Å². The minimum Gasteiger partial charge on any atom is -0.485 e. The minimum absolute atomic E-state index is 0.105. The average molecular weight is 338 g/mol. The van der Waals surface area contributed by atoms with Crippen molar-refractivity contribution in [2.24, 2.45) is 0 Å². The normalized spacial score (nSPS) is 15.1. The average Bonchev–Trinajstić information content (AvgIpc) is 2.66. The third-order valence-electron chi connectivity index (χ3n) is 3.64. The predicted molar refractivity (Wildman–Crippen MR) is 94.0 cm³/mol. The lowest BCUT2D eigenvalue weighted by molar-refractivity contribution is -0.125. The van der Waals surface area contributed by atoms with Gasteiger partial charge < -0.3 is 20.1 Å². The van der Waals surface area contributed by atoms with E-state index in [-0.39, 0.29) is 18.4 Å². The van der Waals surface area contributed by atoms with Crippen molar-refractivity contribution in [2.75, 3.05) is 18.5 Å². The van der Waals surface area contributed by atoms with Crippen LogP contribution in [0.25, 0.3) is 0 Å². The molecule has 2 amide bonds. The van der Waals surface area contributed by atoms with Crippen LogP contribution in [0.15, 0.2) is 61.2 Å². The van der Waals surface area contributed by atoms with Crippen LogP contribution in [-0.4, -0.2) is 31.1 Å². The van der Waals surface area contributed by atoms with Crippen molar-refractivity contribution in [1.29, 1.82) is 0 Å². The highest BCUT2D eigenvalue weighted by Crippen LogP contribution is 2.31. The Balaban J connectivity index is 1.72. The highest BCUT2D eigenvalue weighted by Gasteiger charge is 2.28. The molecule has 0 spiro atoms. The summed E-state index contributed by atoms with van der Waals surface area (Å²) < 4.78 is 11.2. The third-order valence-corrected chi connectivity index (χ3v) is 3.64. The molecule has 0 fully saturated rings. The first-order valence-corrected chi connectivity index (χ1v) is 7.86. The molecule has 2 aromatic rings. The summed E-state index contributed by atoms with van der Waals surface area (Å²) in [5.74, 6) is 0.460. The molecular formula is C19H18N2O4. The van der Waals surface area contributed by atoms with E-state index in [0.29, 0.717) is 29.3 Å². The van der Waals surface area contributed by atoms with Gasteiger partial charge in [0.15, 0.2) is 11.5 Å². The first-order chi connectivity index (χ1) is 12.2. The number of para-hydroxylation sites is 3. The quantitative estimate of drug-likeness (QED) is 0.821. The van der Waals surface area contributed by atoms with Gasteiger partial charge in [-0.2, -0.15) is 0 Å². The summed E-state index contributed by atoms with van der Waals surface area (Å²) >= 11 is 0. The summed E-state index contributed by atoms with van der Waals surface area (Å²) in [5, 5.41) is 5.43. The Morgan fingerprint density at radius 2 is 1.84 bits per heavy atom. The lowest BCUT2D eigenvalue weighted by atomic mass is 10.1. The Kier molecular flexibility index (Phi) is 4.99. The van der Waals surface area contributed by atoms with E-state index in [1.807, 2.05) is 12.1 Å². The number of amides is 2. The van der Waals surface area contributed by atoms with E-state index >= 15 is 0 Å². The van der Waals surface area contributed by atoms with Gasteiger partial charge in [-0.05, 0) is 24.3 Å². The maximum atomic E-state index is 12.5. The standard InChI is InChI=1S/C19H18N2O4/c1-2-11-20-18(22)13-7-3-4-8-14(13)21-19(23)17-12-24-15-9-5-6-10-16(15)25-17/h2-10,17H,1,11-12H2,(H,20,22)(H,21,23)/t17-/m1/s1. The van der Waals surface area contributed by atoms with Gasteiger partial charge in [0.1, 0.15) is 6.61 Å². The fraction of sp³-hybridized carbons (Fsp3) is 0.158. The van der Waals surface area contributed by atoms with E-state index in [1.165, 1.54) is 0 Å². The molecule has 25 heavy (non-hydrogen) atoms. The Morgan fingerprint density at radius 3 is 2.64 bits per heavy atom. The third kappa shape index (κ3) is 3.80. The number of carbonyl (C=O) groups is 2. The van der Waals surface area contributed by atoms with Crippen LogP contribution < -0.4 is 20.1 Å². The second-order valence-electron chi connectivity index (χ2n) is 5.40. The molecule has 0 saturated heterocycles. The molecule has 2 aromatic carbocycles. The summed E-state index contributed by atoms with van der Waals surface area (Å²) in [6.45, 7) is 4.01. The maximum Gasteiger partial charge on any atom is 0.269 e. The smallest absolute Gasteiger partial charge is 0.269 e. The fourth-order valence-electron chi connectivity index (χ4n) is 2.41. The SMILES string of the molecule is C=CCNC(=O)c1ccccc1NC(=O)[C@H]1COc2ccccc2O1. The van der Waals surface area contributed by atoms with Crippen molar-refractivity contribution in [3.8, 4) is 11.5 Å². The van der Waals surface area contributed by atoms with Gasteiger partial charge >= 0.3 is 0 Å². The van der Waals surface area contributed by atoms with Crippen molar-refractivity contribution in [3.05, 3.63) is 66.7 Å². The van der Waals surface area contributed by atoms with Crippen molar-refractivity contribution in [3.63, 3.8) is 0 Å². The maximum absolute atomic E-state index is 12.5. The minimum atomic E-state index is -0.792. The molecule has 1 aliphatic rings. The van der Waals surface area contributed by atoms with Crippen LogP contribution in [0.1, 0.15) is 10.4 Å². The fourth-order valence-corrected chi connectivity index (χ4v) is 2.41. The second kappa shape index (κ2) is 7.53. The van der Waals surface area contributed by atoms with Gasteiger partial charge in [-0.1, -0.05) is 30.3 Å². The second-order valence-corrected chi connectivity index (χ2v) is 5.40. The molecule has 1 atom stereocenters. The van der Waals surface area contributed by atoms with E-state index in [0.717, 1.165) is 0 Å². The van der Waals surface area contributed by atoms with Gasteiger partial charge in [0.05, 0.1) is 11.3 Å². The van der Waals surface area contributed by atoms with E-state index in [4.69, 9.17) is 9.47 Å². The molecule has 0 bridgehead atoms. The number of carbonyl (C=O) groups excluding carboxylic acids is 2. The van der Waals surface area contributed by atoms with Gasteiger partial charge in [-0.15, -0.1) is 6.58 Å². The van der Waals surface area contributed by atoms with E-state index in [2.05, 4.69) is 17.2 Å². The van der Waals surface area contributed by atoms with E-state index in [1.54, 1.807) is 42.5 Å². The van der Waals surface area contributed by atoms with Crippen molar-refractivity contribution < 1.29 is 19.1 Å². The van der Waals surface area contributed by atoms with E-state index < -0.39 is 6.10 Å². The summed E-state index contributed by atoms with van der Waals surface area (Å²) in [6.07, 6.45) is 0.795. The lowest BCUT2D eigenvalue weighted by Gasteiger charge is -2.25. The van der Waals surface area contributed by atoms with Gasteiger partial charge in [-0.25, -0.2) is 0 Å². The van der Waals surface area contributed by atoms with Crippen molar-refractivity contribution in [2.45, 2.75) is 6.10 Å². The summed E-state index contributed by atoms with van der Waals surface area (Å²) in [6, 6.07) is 13.9. The molecule has 0 saturated carbocycles. The molecule has 1 aliphatic heterocycles. The molecule has 6 nitrogen and oxygen atoms in total. The van der Waals surface area contributed by atoms with Crippen LogP contribution in [0, 0.1) is 0 Å². The van der Waals surface area contributed by atoms with Crippen LogP contribution in [0.5, 0.6) is 11.5 Å². The number of anilines is 1. The van der Waals surface area contributed by atoms with Crippen LogP contribution in [0.4, 0.5) is 5.69 Å². The number of rotatable bonds is 5. The Morgan fingerprint density at radius 1 is 1.12 bits per heavy atom. The predicted octanol–water partition coefficient (Wildman–Crippen LogP) is 2.38. The van der Waals surface area contributed by atoms with Crippen LogP contribution >= 0.6 is 0 Å². The number of fused-ring (bicyclic) bond motifs is 1. The molecule has 0 aromatic heterocycles. The highest BCUT2D eigenvalue weighted by atomic mass is 16.6. The van der Waals surface area contributed by atoms with Crippen LogP contribution in [0.3, 0.4) is 0 Å². The van der Waals surface area contributed by atoms with Gasteiger partial charge in [0.2, 0.25) is 6.10 Å². The molecular weight excluding hydrogens is 320 g/mol. The molecule has 0 aliphatic carbocycles. The first kappa shape index (κ1) is 16.6. The molecule has 128 valence electrons. The molecule has 2 N–H and O–H groups in total. The monoisotopic (exact) mass is 338 g/mol. The largest absolute Gasteiger partial charge is 0.485 e. The zero-order chi connectivity index (χ0) is 17.6. The van der Waals surface area contributed by atoms with Gasteiger partial charge in [0, 0.05) is 6.54 Å². The zero-order valence-corrected chi connectivity index (χ0v) is 13.5. The van der Waals surface area contributed by atoms with Crippen LogP contribution in [0.2, 0.25) is 0 Å². The zero-order valence-electron chi connectivity index (χ0n) is 13.5. The lowest BCUT2D eigenvalue weighted by Crippen LogP contribution is -2.40. The van der Waals surface area contributed by atoms with Crippen LogP contribution in [-0.2, 0) is 4.79 Å². The number of nitrogens with one attached hydrogen (secondary N) is 2. The number of benzene rings is 2. The Bertz CT molecular complexity index is 804. The highest BCUT2D eigenvalue weighted by molar-refractivity contribution is 6.04. The van der Waals surface area contributed by atoms with Crippen molar-refractivity contribution >= 4 is 17.5 Å². The van der Waals surface area contributed by atoms with Gasteiger partial charge in [0.25, 0.3) is 11.8 Å². The first-order valence-electron chi connectivity index (χ1n) is 7.86. The summed E-state index contributed by atoms with van der Waals surface area (Å²) in [7, 11) is 0. The topological polar surface area (TPSA) is 76.7 Å². The Hall–Kier alpha value is -3.28. The van der Waals surface area contributed by atoms with Crippen molar-refractivity contribution in [1.82, 2.24) is 5.32 Å². The summed E-state index contributed by atoms with van der Waals surface area (Å²) in [4.78, 5) is 24.7. The summed E-state index contributed by atoms with van der Waals surface area (Å²) in [5.41, 5.74) is 0.784. The molecule has 6 heteroatoms. The van der Waals surface area contributed by atoms with E-state index in [9.17, 15) is 9.59 Å². The number of hydrogen-bond donors (Lipinski definition) is 2. The molecule has 0 radical (unpaired) electrons. The molecule has 3 rings (SSSR count). The number of ether oxygens (including phenoxy) is 2. The Labute approximate surface area is 145 Å². The molecule has 0 unspecified atom stereocenters. The molecule has 1 heterocycles.